The minimum atomic E-state index is -0.134. The van der Waals surface area contributed by atoms with Gasteiger partial charge in [-0.25, -0.2) is 0 Å². The zero-order chi connectivity index (χ0) is 13.8. The molecule has 1 aromatic carbocycles. The minimum Gasteiger partial charge on any atom is -0.397 e. The molecule has 4 N–H and O–H groups in total. The first-order valence-electron chi connectivity index (χ1n) is 6.63. The molecule has 0 aliphatic carbocycles. The van der Waals surface area contributed by atoms with Crippen molar-refractivity contribution in [1.82, 2.24) is 5.32 Å². The number of piperidine rings is 1. The highest BCUT2D eigenvalue weighted by Gasteiger charge is 2.21. The monoisotopic (exact) mass is 263 g/mol. The first-order chi connectivity index (χ1) is 9.15. The quantitative estimate of drug-likeness (QED) is 0.706. The smallest absolute Gasteiger partial charge is 0.251 e. The van der Waals surface area contributed by atoms with Gasteiger partial charge < -0.3 is 21.1 Å². The number of aliphatic hydroxyl groups is 1. The highest BCUT2D eigenvalue weighted by molar-refractivity contribution is 5.96. The van der Waals surface area contributed by atoms with Crippen LogP contribution in [-0.2, 0) is 0 Å². The average molecular weight is 263 g/mol. The number of amides is 1. The maximum absolute atomic E-state index is 11.5. The molecule has 1 atom stereocenters. The number of benzene rings is 1. The minimum absolute atomic E-state index is 0.134. The summed E-state index contributed by atoms with van der Waals surface area (Å²) in [5, 5.41) is 11.8. The maximum Gasteiger partial charge on any atom is 0.251 e. The van der Waals surface area contributed by atoms with Crippen LogP contribution in [0.4, 0.5) is 11.4 Å². The third kappa shape index (κ3) is 2.98. The second-order valence-corrected chi connectivity index (χ2v) is 4.99. The third-order valence-corrected chi connectivity index (χ3v) is 3.63. The summed E-state index contributed by atoms with van der Waals surface area (Å²) >= 11 is 0. The van der Waals surface area contributed by atoms with Crippen molar-refractivity contribution in [1.29, 1.82) is 0 Å². The van der Waals surface area contributed by atoms with Gasteiger partial charge >= 0.3 is 0 Å². The maximum atomic E-state index is 11.5. The molecule has 1 saturated heterocycles. The van der Waals surface area contributed by atoms with Crippen LogP contribution in [0.2, 0.25) is 0 Å². The Morgan fingerprint density at radius 2 is 2.37 bits per heavy atom. The van der Waals surface area contributed by atoms with Crippen LogP contribution in [-0.4, -0.2) is 37.8 Å². The van der Waals surface area contributed by atoms with E-state index in [2.05, 4.69) is 10.2 Å². The molecule has 0 aromatic heterocycles. The lowest BCUT2D eigenvalue weighted by Gasteiger charge is -2.34. The number of aliphatic hydroxyl groups excluding tert-OH is 1. The molecular weight excluding hydrogens is 242 g/mol. The molecule has 5 nitrogen and oxygen atoms in total. The number of nitrogens with one attached hydrogen (secondary N) is 1. The molecule has 1 amide bonds. The average Bonchev–Trinajstić information content (AvgIpc) is 2.46. The van der Waals surface area contributed by atoms with Crippen LogP contribution >= 0.6 is 0 Å². The number of nitrogens with zero attached hydrogens (tertiary/aromatic N) is 1. The van der Waals surface area contributed by atoms with Gasteiger partial charge in [-0.15, -0.1) is 0 Å². The number of hydrogen-bond donors (Lipinski definition) is 3. The Labute approximate surface area is 113 Å². The van der Waals surface area contributed by atoms with E-state index in [1.165, 1.54) is 0 Å². The molecule has 1 heterocycles. The lowest BCUT2D eigenvalue weighted by Crippen LogP contribution is -2.37. The molecule has 0 bridgehead atoms. The van der Waals surface area contributed by atoms with E-state index < -0.39 is 0 Å². The van der Waals surface area contributed by atoms with Gasteiger partial charge in [0.1, 0.15) is 0 Å². The summed E-state index contributed by atoms with van der Waals surface area (Å²) in [7, 11) is 1.60. The molecule has 1 unspecified atom stereocenters. The molecule has 5 heteroatoms. The van der Waals surface area contributed by atoms with Crippen LogP contribution in [0, 0.1) is 5.92 Å². The van der Waals surface area contributed by atoms with E-state index in [1.807, 2.05) is 6.07 Å². The molecule has 19 heavy (non-hydrogen) atoms. The van der Waals surface area contributed by atoms with Gasteiger partial charge in [-0.2, -0.15) is 0 Å². The molecule has 0 radical (unpaired) electrons. The Morgan fingerprint density at radius 3 is 3.00 bits per heavy atom. The topological polar surface area (TPSA) is 78.6 Å². The zero-order valence-corrected chi connectivity index (χ0v) is 11.2. The number of hydrogen-bond acceptors (Lipinski definition) is 4. The normalized spacial score (nSPS) is 19.3. The summed E-state index contributed by atoms with van der Waals surface area (Å²) in [4.78, 5) is 13.7. The van der Waals surface area contributed by atoms with Gasteiger partial charge in [-0.3, -0.25) is 4.79 Å². The van der Waals surface area contributed by atoms with E-state index in [0.717, 1.165) is 31.6 Å². The lowest BCUT2D eigenvalue weighted by molar-refractivity contribution is 0.0963. The van der Waals surface area contributed by atoms with Gasteiger partial charge in [0.2, 0.25) is 0 Å². The van der Waals surface area contributed by atoms with Crippen molar-refractivity contribution in [3.05, 3.63) is 23.8 Å². The molecule has 1 aliphatic heterocycles. The highest BCUT2D eigenvalue weighted by Crippen LogP contribution is 2.28. The van der Waals surface area contributed by atoms with Gasteiger partial charge in [0.15, 0.2) is 0 Å². The number of carbonyl (C=O) groups is 1. The Kier molecular flexibility index (Phi) is 4.27. The Morgan fingerprint density at radius 1 is 1.58 bits per heavy atom. The van der Waals surface area contributed by atoms with Crippen molar-refractivity contribution in [2.24, 2.45) is 5.92 Å². The van der Waals surface area contributed by atoms with Crippen LogP contribution in [0.3, 0.4) is 0 Å². The highest BCUT2D eigenvalue weighted by atomic mass is 16.3. The molecule has 2 rings (SSSR count). The molecular formula is C14H21N3O2. The Bertz CT molecular complexity index is 462. The van der Waals surface area contributed by atoms with Crippen LogP contribution in [0.1, 0.15) is 23.2 Å². The number of carbonyl (C=O) groups excluding carboxylic acids is 1. The SMILES string of the molecule is CNC(=O)c1ccc(N2CCCC(CO)C2)c(N)c1. The second kappa shape index (κ2) is 5.93. The molecule has 104 valence electrons. The van der Waals surface area contributed by atoms with Gasteiger partial charge in [-0.1, -0.05) is 0 Å². The van der Waals surface area contributed by atoms with Gasteiger partial charge in [-0.05, 0) is 37.0 Å². The molecule has 1 fully saturated rings. The summed E-state index contributed by atoms with van der Waals surface area (Å²) in [6.45, 7) is 1.98. The molecule has 0 saturated carbocycles. The predicted octanol–water partition coefficient (Wildman–Crippen LogP) is 0.837. The number of rotatable bonds is 3. The summed E-state index contributed by atoms with van der Waals surface area (Å²) in [5.41, 5.74) is 8.18. The number of nitrogen functional groups attached to an aromatic ring is 1. The van der Waals surface area contributed by atoms with Gasteiger partial charge in [0.05, 0.1) is 11.4 Å². The fraction of sp³-hybridized carbons (Fsp3) is 0.500. The van der Waals surface area contributed by atoms with E-state index in [4.69, 9.17) is 5.73 Å². The van der Waals surface area contributed by atoms with Crippen molar-refractivity contribution < 1.29 is 9.90 Å². The standard InChI is InChI=1S/C14H21N3O2/c1-16-14(19)11-4-5-13(12(15)7-11)17-6-2-3-10(8-17)9-18/h4-5,7,10,18H,2-3,6,8-9,15H2,1H3,(H,16,19). The summed E-state index contributed by atoms with van der Waals surface area (Å²) in [6, 6.07) is 5.38. The van der Waals surface area contributed by atoms with Crippen molar-refractivity contribution in [2.75, 3.05) is 37.4 Å². The van der Waals surface area contributed by atoms with Crippen LogP contribution in [0.25, 0.3) is 0 Å². The summed E-state index contributed by atoms with van der Waals surface area (Å²) in [6.07, 6.45) is 2.12. The predicted molar refractivity (Wildman–Crippen MR) is 76.3 cm³/mol. The van der Waals surface area contributed by atoms with E-state index in [1.54, 1.807) is 19.2 Å². The van der Waals surface area contributed by atoms with E-state index in [9.17, 15) is 9.90 Å². The second-order valence-electron chi connectivity index (χ2n) is 4.99. The first kappa shape index (κ1) is 13.7. The third-order valence-electron chi connectivity index (χ3n) is 3.63. The Balaban J connectivity index is 2.18. The Hall–Kier alpha value is -1.75. The van der Waals surface area contributed by atoms with E-state index >= 15 is 0 Å². The fourth-order valence-electron chi connectivity index (χ4n) is 2.56. The van der Waals surface area contributed by atoms with Crippen molar-refractivity contribution >= 4 is 17.3 Å². The van der Waals surface area contributed by atoms with Gasteiger partial charge in [0, 0.05) is 32.3 Å². The number of anilines is 2. The largest absolute Gasteiger partial charge is 0.397 e. The summed E-state index contributed by atoms with van der Waals surface area (Å²) in [5.74, 6) is 0.178. The van der Waals surface area contributed by atoms with E-state index in [-0.39, 0.29) is 12.5 Å². The van der Waals surface area contributed by atoms with E-state index in [0.29, 0.717) is 17.2 Å². The van der Waals surface area contributed by atoms with Crippen LogP contribution < -0.4 is 16.0 Å². The molecule has 1 aliphatic rings. The zero-order valence-electron chi connectivity index (χ0n) is 11.2. The van der Waals surface area contributed by atoms with Gasteiger partial charge in [0.25, 0.3) is 5.91 Å². The summed E-state index contributed by atoms with van der Waals surface area (Å²) < 4.78 is 0. The van der Waals surface area contributed by atoms with Crippen LogP contribution in [0.5, 0.6) is 0 Å². The molecule has 1 aromatic rings. The fourth-order valence-corrected chi connectivity index (χ4v) is 2.56. The van der Waals surface area contributed by atoms with Crippen molar-refractivity contribution in [3.8, 4) is 0 Å². The van der Waals surface area contributed by atoms with Crippen LogP contribution in [0.15, 0.2) is 18.2 Å². The lowest BCUT2D eigenvalue weighted by atomic mass is 9.98. The van der Waals surface area contributed by atoms with Crippen molar-refractivity contribution in [2.45, 2.75) is 12.8 Å². The van der Waals surface area contributed by atoms with Crippen molar-refractivity contribution in [3.63, 3.8) is 0 Å². The first-order valence-corrected chi connectivity index (χ1v) is 6.63. The molecule has 0 spiro atoms. The number of nitrogens with two attached hydrogens (primary N) is 1.